The monoisotopic (exact) mass is 1030 g/mol. The maximum absolute atomic E-state index is 10.6. The van der Waals surface area contributed by atoms with Crippen molar-refractivity contribution in [3.63, 3.8) is 0 Å². The van der Waals surface area contributed by atoms with E-state index in [1.165, 1.54) is 61.9 Å². The molecule has 0 saturated heterocycles. The van der Waals surface area contributed by atoms with E-state index in [0.717, 1.165) is 72.4 Å². The molecule has 0 aliphatic heterocycles. The van der Waals surface area contributed by atoms with Gasteiger partial charge in [-0.25, -0.2) is 15.0 Å². The largest absolute Gasteiger partial charge is 0.309 e. The average molecular weight is 1030 g/mol. The van der Waals surface area contributed by atoms with Crippen molar-refractivity contribution < 1.29 is 0 Å². The van der Waals surface area contributed by atoms with Gasteiger partial charge in [0.05, 0.1) is 39.4 Å². The van der Waals surface area contributed by atoms with Crippen LogP contribution in [0.25, 0.3) is 152 Å². The van der Waals surface area contributed by atoms with E-state index in [9.17, 15) is 5.26 Å². The van der Waals surface area contributed by atoms with Gasteiger partial charge in [-0.05, 0) is 89.5 Å². The molecule has 16 aromatic rings. The third-order valence-electron chi connectivity index (χ3n) is 15.4. The molecule has 16 rings (SSSR count). The van der Waals surface area contributed by atoms with Gasteiger partial charge in [-0.3, -0.25) is 0 Å². The topological polar surface area (TPSA) is 72.3 Å². The standard InChI is InChI=1S/C70H40N6S2/c71-41-45-21-7-8-22-47(45)44-31-36-59(76-58-28-14-10-26-54(58)65-61(76)38-35-51-49-24-12-16-30-63(49)78-67(51)65)56(39-44)55-40-46(32-33-52(55)70-73-68(42-17-3-1-4-18-42)72-69(74-70)43-19-5-2-6-20-43)75-57-27-13-9-25-53(57)64-60(75)37-34-50-48-23-11-15-29-62(48)77-66(50)64/h1-40H. The first-order valence-corrected chi connectivity index (χ1v) is 27.6. The highest BCUT2D eigenvalue weighted by molar-refractivity contribution is 7.27. The van der Waals surface area contributed by atoms with E-state index in [4.69, 9.17) is 15.0 Å². The van der Waals surface area contributed by atoms with E-state index in [2.05, 4.69) is 197 Å². The quantitative estimate of drug-likeness (QED) is 0.159. The third kappa shape index (κ3) is 6.76. The Labute approximate surface area is 455 Å². The van der Waals surface area contributed by atoms with Crippen molar-refractivity contribution in [2.75, 3.05) is 0 Å². The molecule has 0 atom stereocenters. The predicted octanol–water partition coefficient (Wildman–Crippen LogP) is 19.0. The van der Waals surface area contributed by atoms with E-state index in [0.29, 0.717) is 23.0 Å². The number of aromatic nitrogens is 5. The van der Waals surface area contributed by atoms with Crippen LogP contribution in [0.3, 0.4) is 0 Å². The van der Waals surface area contributed by atoms with E-state index < -0.39 is 0 Å². The minimum Gasteiger partial charge on any atom is -0.309 e. The van der Waals surface area contributed by atoms with Crippen LogP contribution >= 0.6 is 22.7 Å². The number of hydrogen-bond donors (Lipinski definition) is 0. The van der Waals surface area contributed by atoms with E-state index >= 15 is 0 Å². The molecular formula is C70H40N6S2. The molecular weight excluding hydrogens is 989 g/mol. The van der Waals surface area contributed by atoms with Gasteiger partial charge >= 0.3 is 0 Å². The molecule has 0 amide bonds. The smallest absolute Gasteiger partial charge is 0.164 e. The fourth-order valence-electron chi connectivity index (χ4n) is 12.0. The Morgan fingerprint density at radius 3 is 1.46 bits per heavy atom. The highest BCUT2D eigenvalue weighted by Gasteiger charge is 2.25. The summed E-state index contributed by atoms with van der Waals surface area (Å²) in [6.45, 7) is 0. The Morgan fingerprint density at radius 1 is 0.333 bits per heavy atom. The Balaban J connectivity index is 1.04. The molecule has 78 heavy (non-hydrogen) atoms. The van der Waals surface area contributed by atoms with Crippen molar-refractivity contribution in [3.05, 3.63) is 248 Å². The number of nitriles is 1. The Bertz CT molecular complexity index is 5120. The predicted molar refractivity (Wildman–Crippen MR) is 326 cm³/mol. The van der Waals surface area contributed by atoms with Crippen LogP contribution in [-0.2, 0) is 0 Å². The van der Waals surface area contributed by atoms with Gasteiger partial charge in [0.2, 0.25) is 0 Å². The normalized spacial score (nSPS) is 11.8. The molecule has 11 aromatic carbocycles. The lowest BCUT2D eigenvalue weighted by molar-refractivity contribution is 1.07. The number of para-hydroxylation sites is 2. The van der Waals surface area contributed by atoms with Crippen LogP contribution in [-0.4, -0.2) is 24.1 Å². The summed E-state index contributed by atoms with van der Waals surface area (Å²) in [5.41, 5.74) is 13.3. The zero-order chi connectivity index (χ0) is 51.4. The maximum atomic E-state index is 10.6. The van der Waals surface area contributed by atoms with Crippen molar-refractivity contribution >= 4 is 107 Å². The second kappa shape index (κ2) is 17.5. The molecule has 5 heterocycles. The zero-order valence-electron chi connectivity index (χ0n) is 41.6. The molecule has 0 aliphatic rings. The highest BCUT2D eigenvalue weighted by atomic mass is 32.1. The van der Waals surface area contributed by atoms with Gasteiger partial charge in [-0.2, -0.15) is 5.26 Å². The Hall–Kier alpha value is -10.0. The van der Waals surface area contributed by atoms with Crippen LogP contribution in [0.2, 0.25) is 0 Å². The first-order valence-electron chi connectivity index (χ1n) is 26.0. The molecule has 0 bridgehead atoms. The molecule has 0 saturated carbocycles. The zero-order valence-corrected chi connectivity index (χ0v) is 43.2. The summed E-state index contributed by atoms with van der Waals surface area (Å²) in [4.78, 5) is 16.0. The van der Waals surface area contributed by atoms with Gasteiger partial charge in [-0.15, -0.1) is 22.7 Å². The van der Waals surface area contributed by atoms with Gasteiger partial charge < -0.3 is 9.13 Å². The van der Waals surface area contributed by atoms with Gasteiger partial charge in [0.25, 0.3) is 0 Å². The lowest BCUT2D eigenvalue weighted by atomic mass is 9.92. The SMILES string of the molecule is N#Cc1ccccc1-c1ccc(-n2c3ccccc3c3c4sc5ccccc5c4ccc32)c(-c2cc(-n3c4ccccc4c4c5sc6ccccc6c5ccc43)ccc2-c2nc(-c3ccccc3)nc(-c3ccccc3)n2)c1. The summed E-state index contributed by atoms with van der Waals surface area (Å²) in [7, 11) is 0. The Morgan fingerprint density at radius 2 is 0.846 bits per heavy atom. The lowest BCUT2D eigenvalue weighted by Crippen LogP contribution is -2.04. The summed E-state index contributed by atoms with van der Waals surface area (Å²) in [6.07, 6.45) is 0. The number of nitrogens with zero attached hydrogens (tertiary/aromatic N) is 6. The molecule has 0 radical (unpaired) electrons. The summed E-state index contributed by atoms with van der Waals surface area (Å²) < 4.78 is 9.94. The molecule has 362 valence electrons. The Kier molecular flexibility index (Phi) is 9.94. The molecule has 0 aliphatic carbocycles. The fourth-order valence-corrected chi connectivity index (χ4v) is 14.5. The van der Waals surface area contributed by atoms with Crippen LogP contribution in [0.1, 0.15) is 5.56 Å². The second-order valence-electron chi connectivity index (χ2n) is 19.7. The molecule has 6 nitrogen and oxygen atoms in total. The van der Waals surface area contributed by atoms with Crippen LogP contribution < -0.4 is 0 Å². The average Bonchev–Trinajstić information content (AvgIpc) is 4.42. The van der Waals surface area contributed by atoms with E-state index in [1.807, 2.05) is 83.3 Å². The number of fused-ring (bicyclic) bond motifs is 14. The fraction of sp³-hybridized carbons (Fsp3) is 0. The first-order chi connectivity index (χ1) is 38.6. The summed E-state index contributed by atoms with van der Waals surface area (Å²) in [6, 6.07) is 88.4. The first kappa shape index (κ1) is 44.3. The van der Waals surface area contributed by atoms with Gasteiger partial charge in [0.1, 0.15) is 0 Å². The number of hydrogen-bond acceptors (Lipinski definition) is 6. The van der Waals surface area contributed by atoms with Crippen molar-refractivity contribution in [1.82, 2.24) is 24.1 Å². The van der Waals surface area contributed by atoms with Gasteiger partial charge in [0, 0.05) is 89.8 Å². The third-order valence-corrected chi connectivity index (χ3v) is 17.9. The van der Waals surface area contributed by atoms with Gasteiger partial charge in [-0.1, -0.05) is 170 Å². The lowest BCUT2D eigenvalue weighted by Gasteiger charge is -2.20. The summed E-state index contributed by atoms with van der Waals surface area (Å²) in [5, 5.41) is 20.5. The highest BCUT2D eigenvalue weighted by Crippen LogP contribution is 2.48. The molecule has 0 unspecified atom stereocenters. The maximum Gasteiger partial charge on any atom is 0.164 e. The minimum atomic E-state index is 0.543. The van der Waals surface area contributed by atoms with Crippen LogP contribution in [0.5, 0.6) is 0 Å². The molecule has 0 spiro atoms. The van der Waals surface area contributed by atoms with Crippen molar-refractivity contribution in [1.29, 1.82) is 5.26 Å². The van der Waals surface area contributed by atoms with Crippen LogP contribution in [0.15, 0.2) is 243 Å². The molecule has 0 fully saturated rings. The van der Waals surface area contributed by atoms with Crippen molar-refractivity contribution in [3.8, 4) is 73.9 Å². The summed E-state index contributed by atoms with van der Waals surface area (Å²) in [5.74, 6) is 1.70. The number of benzene rings is 11. The van der Waals surface area contributed by atoms with Gasteiger partial charge in [0.15, 0.2) is 17.5 Å². The van der Waals surface area contributed by atoms with Crippen molar-refractivity contribution in [2.24, 2.45) is 0 Å². The van der Waals surface area contributed by atoms with Crippen LogP contribution in [0.4, 0.5) is 0 Å². The summed E-state index contributed by atoms with van der Waals surface area (Å²) >= 11 is 3.71. The minimum absolute atomic E-state index is 0.543. The van der Waals surface area contributed by atoms with E-state index in [1.54, 1.807) is 0 Å². The van der Waals surface area contributed by atoms with Crippen molar-refractivity contribution in [2.45, 2.75) is 0 Å². The molecule has 8 heteroatoms. The second-order valence-corrected chi connectivity index (χ2v) is 21.8. The number of rotatable bonds is 7. The van der Waals surface area contributed by atoms with E-state index in [-0.39, 0.29) is 0 Å². The molecule has 0 N–H and O–H groups in total. The van der Waals surface area contributed by atoms with Crippen LogP contribution in [0, 0.1) is 11.3 Å². The number of thiophene rings is 2. The molecule has 5 aromatic heterocycles.